The van der Waals surface area contributed by atoms with Crippen LogP contribution in [0, 0.1) is 0 Å². The summed E-state index contributed by atoms with van der Waals surface area (Å²) >= 11 is 3.97. The molecule has 23 heavy (non-hydrogen) atoms. The van der Waals surface area contributed by atoms with Gasteiger partial charge in [0, 0.05) is 5.75 Å². The molecule has 0 rings (SSSR count). The Kier molecular flexibility index (Phi) is 10.6. The summed E-state index contributed by atoms with van der Waals surface area (Å²) in [6.07, 6.45) is 0.356. The fourth-order valence-corrected chi connectivity index (χ4v) is 1.96. The first-order chi connectivity index (χ1) is 10.7. The average Bonchev–Trinajstić information content (AvgIpc) is 2.50. The van der Waals surface area contributed by atoms with Crippen LogP contribution in [0.15, 0.2) is 0 Å². The van der Waals surface area contributed by atoms with E-state index in [0.717, 1.165) is 0 Å². The van der Waals surface area contributed by atoms with Gasteiger partial charge < -0.3 is 32.3 Å². The van der Waals surface area contributed by atoms with Crippen molar-refractivity contribution in [3.8, 4) is 0 Å². The summed E-state index contributed by atoms with van der Waals surface area (Å²) in [6, 6.07) is -3.31. The average molecular weight is 350 g/mol. The summed E-state index contributed by atoms with van der Waals surface area (Å²) in [4.78, 5) is 35.0. The van der Waals surface area contributed by atoms with Gasteiger partial charge in [0.15, 0.2) is 0 Å². The van der Waals surface area contributed by atoms with E-state index in [1.54, 1.807) is 0 Å². The van der Waals surface area contributed by atoms with Crippen molar-refractivity contribution in [3.63, 3.8) is 0 Å². The SMILES string of the molecule is C[C@@H](O)[C@H](N)C(=O)N[C@@H](CS)C(=O)N[C@@H](CCCCN)C(=O)O. The van der Waals surface area contributed by atoms with Crippen molar-refractivity contribution in [1.29, 1.82) is 0 Å². The number of aliphatic carboxylic acids is 1. The van der Waals surface area contributed by atoms with Gasteiger partial charge >= 0.3 is 5.97 Å². The Balaban J connectivity index is 4.67. The summed E-state index contributed by atoms with van der Waals surface area (Å²) in [5.74, 6) is -2.60. The zero-order chi connectivity index (χ0) is 18.0. The van der Waals surface area contributed by atoms with Crippen molar-refractivity contribution >= 4 is 30.4 Å². The van der Waals surface area contributed by atoms with E-state index in [9.17, 15) is 19.5 Å². The number of aliphatic hydroxyl groups is 1. The Morgan fingerprint density at radius 1 is 1.13 bits per heavy atom. The van der Waals surface area contributed by atoms with Crippen LogP contribution < -0.4 is 22.1 Å². The molecule has 0 saturated carbocycles. The highest BCUT2D eigenvalue weighted by Crippen LogP contribution is 2.02. The zero-order valence-electron chi connectivity index (χ0n) is 13.1. The van der Waals surface area contributed by atoms with Crippen molar-refractivity contribution in [1.82, 2.24) is 10.6 Å². The Morgan fingerprint density at radius 2 is 1.70 bits per heavy atom. The Labute approximate surface area is 140 Å². The molecule has 0 aromatic rings. The zero-order valence-corrected chi connectivity index (χ0v) is 14.0. The molecule has 0 aliphatic heterocycles. The Hall–Kier alpha value is -1.36. The third-order valence-electron chi connectivity index (χ3n) is 3.20. The fraction of sp³-hybridized carbons (Fsp3) is 0.769. The number of unbranched alkanes of at least 4 members (excludes halogenated alkanes) is 1. The predicted octanol–water partition coefficient (Wildman–Crippen LogP) is -2.19. The topological polar surface area (TPSA) is 168 Å². The molecule has 9 nitrogen and oxygen atoms in total. The number of hydrogen-bond donors (Lipinski definition) is 7. The van der Waals surface area contributed by atoms with Crippen molar-refractivity contribution in [2.24, 2.45) is 11.5 Å². The van der Waals surface area contributed by atoms with Gasteiger partial charge in [0.05, 0.1) is 6.10 Å². The van der Waals surface area contributed by atoms with E-state index in [1.165, 1.54) is 6.92 Å². The molecule has 0 fully saturated rings. The maximum atomic E-state index is 12.1. The minimum Gasteiger partial charge on any atom is -0.480 e. The quantitative estimate of drug-likeness (QED) is 0.164. The molecule has 134 valence electrons. The molecule has 0 spiro atoms. The largest absolute Gasteiger partial charge is 0.480 e. The van der Waals surface area contributed by atoms with E-state index >= 15 is 0 Å². The van der Waals surface area contributed by atoms with Crippen LogP contribution in [0.5, 0.6) is 0 Å². The van der Waals surface area contributed by atoms with Gasteiger partial charge in [-0.05, 0) is 32.7 Å². The number of thiol groups is 1. The first-order valence-corrected chi connectivity index (χ1v) is 7.95. The third-order valence-corrected chi connectivity index (χ3v) is 3.56. The number of aliphatic hydroxyl groups excluding tert-OH is 1. The van der Waals surface area contributed by atoms with E-state index in [1.807, 2.05) is 0 Å². The molecule has 8 N–H and O–H groups in total. The number of rotatable bonds is 11. The lowest BCUT2D eigenvalue weighted by Gasteiger charge is -2.22. The standard InChI is InChI=1S/C13H26N4O5S/c1-7(18)10(15)12(20)17-9(6-23)11(19)16-8(13(21)22)4-2-3-5-14/h7-10,18,23H,2-6,14-15H2,1H3,(H,16,19)(H,17,20)(H,21,22)/t7-,8+,9+,10+/m1/s1. The number of nitrogens with one attached hydrogen (secondary N) is 2. The van der Waals surface area contributed by atoms with Crippen molar-refractivity contribution in [2.45, 2.75) is 50.4 Å². The van der Waals surface area contributed by atoms with Gasteiger partial charge in [0.2, 0.25) is 11.8 Å². The van der Waals surface area contributed by atoms with Crippen molar-refractivity contribution in [3.05, 3.63) is 0 Å². The summed E-state index contributed by atoms with van der Waals surface area (Å²) in [7, 11) is 0. The second kappa shape index (κ2) is 11.2. The first kappa shape index (κ1) is 21.6. The molecule has 0 aromatic heterocycles. The Morgan fingerprint density at radius 3 is 2.13 bits per heavy atom. The monoisotopic (exact) mass is 350 g/mol. The minimum atomic E-state index is -1.19. The molecule has 0 aliphatic carbocycles. The second-order valence-corrected chi connectivity index (χ2v) is 5.56. The van der Waals surface area contributed by atoms with E-state index in [2.05, 4.69) is 23.3 Å². The van der Waals surface area contributed by atoms with Crippen LogP contribution in [0.2, 0.25) is 0 Å². The molecule has 10 heteroatoms. The van der Waals surface area contributed by atoms with Gasteiger partial charge in [-0.3, -0.25) is 9.59 Å². The van der Waals surface area contributed by atoms with Gasteiger partial charge in [-0.1, -0.05) is 0 Å². The molecule has 0 aromatic carbocycles. The maximum Gasteiger partial charge on any atom is 0.326 e. The van der Waals surface area contributed by atoms with Crippen LogP contribution in [0.1, 0.15) is 26.2 Å². The molecule has 0 heterocycles. The fourth-order valence-electron chi connectivity index (χ4n) is 1.70. The molecule has 0 bridgehead atoms. The lowest BCUT2D eigenvalue weighted by molar-refractivity contribution is -0.142. The lowest BCUT2D eigenvalue weighted by atomic mass is 10.1. The second-order valence-electron chi connectivity index (χ2n) is 5.19. The van der Waals surface area contributed by atoms with Crippen LogP contribution in [-0.4, -0.2) is 64.5 Å². The molecule has 0 aliphatic rings. The van der Waals surface area contributed by atoms with Gasteiger partial charge in [-0.25, -0.2) is 4.79 Å². The molecule has 0 saturated heterocycles. The van der Waals surface area contributed by atoms with E-state index in [-0.39, 0.29) is 12.2 Å². The van der Waals surface area contributed by atoms with E-state index < -0.39 is 42.0 Å². The summed E-state index contributed by atoms with van der Waals surface area (Å²) < 4.78 is 0. The number of carboxylic acids is 1. The Bertz CT molecular complexity index is 408. The first-order valence-electron chi connectivity index (χ1n) is 7.32. The van der Waals surface area contributed by atoms with Crippen LogP contribution in [0.4, 0.5) is 0 Å². The van der Waals surface area contributed by atoms with Gasteiger partial charge in [0.1, 0.15) is 18.1 Å². The predicted molar refractivity (Wildman–Crippen MR) is 87.9 cm³/mol. The number of carbonyl (C=O) groups is 3. The van der Waals surface area contributed by atoms with Crippen LogP contribution in [-0.2, 0) is 14.4 Å². The lowest BCUT2D eigenvalue weighted by Crippen LogP contribution is -2.56. The van der Waals surface area contributed by atoms with Crippen molar-refractivity contribution in [2.75, 3.05) is 12.3 Å². The number of hydrogen-bond acceptors (Lipinski definition) is 7. The minimum absolute atomic E-state index is 0.0424. The maximum absolute atomic E-state index is 12.1. The van der Waals surface area contributed by atoms with E-state index in [4.69, 9.17) is 16.6 Å². The number of nitrogens with two attached hydrogens (primary N) is 2. The molecule has 0 radical (unpaired) electrons. The normalized spacial score (nSPS) is 16.0. The summed E-state index contributed by atoms with van der Waals surface area (Å²) in [6.45, 7) is 1.78. The summed E-state index contributed by atoms with van der Waals surface area (Å²) in [5, 5.41) is 23.1. The van der Waals surface area contributed by atoms with Crippen LogP contribution >= 0.6 is 12.6 Å². The number of amides is 2. The van der Waals surface area contributed by atoms with E-state index in [0.29, 0.717) is 19.4 Å². The van der Waals surface area contributed by atoms with Gasteiger partial charge in [0.25, 0.3) is 0 Å². The molecular weight excluding hydrogens is 324 g/mol. The highest BCUT2D eigenvalue weighted by molar-refractivity contribution is 7.80. The number of carboxylic acid groups (broad SMARTS) is 1. The molecule has 2 amide bonds. The summed E-state index contributed by atoms with van der Waals surface area (Å²) in [5.41, 5.74) is 10.8. The highest BCUT2D eigenvalue weighted by Gasteiger charge is 2.28. The van der Waals surface area contributed by atoms with Crippen LogP contribution in [0.3, 0.4) is 0 Å². The molecular formula is C13H26N4O5S. The number of carbonyl (C=O) groups excluding carboxylic acids is 2. The molecule has 4 atom stereocenters. The van der Waals surface area contributed by atoms with Crippen molar-refractivity contribution < 1.29 is 24.6 Å². The highest BCUT2D eigenvalue weighted by atomic mass is 32.1. The van der Waals surface area contributed by atoms with Gasteiger partial charge in [-0.15, -0.1) is 0 Å². The van der Waals surface area contributed by atoms with Crippen LogP contribution in [0.25, 0.3) is 0 Å². The smallest absolute Gasteiger partial charge is 0.326 e. The third kappa shape index (κ3) is 8.16. The van der Waals surface area contributed by atoms with Gasteiger partial charge in [-0.2, -0.15) is 12.6 Å². The molecule has 0 unspecified atom stereocenters.